The number of carboxylic acids is 1. The monoisotopic (exact) mass is 687 g/mol. The van der Waals surface area contributed by atoms with Gasteiger partial charge in [0, 0.05) is 47.9 Å². The SMILES string of the molecule is CC[C@H]1CC[C@H](c2ccc(-c3cnc(-c4ccc(C[C@H](NC(=O)c5ccc(C6(C#N)CC6)s5)C(=O)N5CC(C(=O)O)C5)cc4)nc3)cc2)CC1. The summed E-state index contributed by atoms with van der Waals surface area (Å²) in [5.74, 6) is -0.117. The summed E-state index contributed by atoms with van der Waals surface area (Å²) in [6.45, 7) is 2.53. The number of nitrogens with one attached hydrogen (secondary N) is 1. The lowest BCUT2D eigenvalue weighted by molar-refractivity contribution is -0.153. The summed E-state index contributed by atoms with van der Waals surface area (Å²) in [4.78, 5) is 50.3. The molecule has 2 N–H and O–H groups in total. The molecule has 0 spiro atoms. The molecule has 0 bridgehead atoms. The van der Waals surface area contributed by atoms with E-state index in [-0.39, 0.29) is 31.3 Å². The van der Waals surface area contributed by atoms with E-state index in [1.807, 2.05) is 42.7 Å². The number of amides is 2. The van der Waals surface area contributed by atoms with Crippen LogP contribution >= 0.6 is 11.3 Å². The number of likely N-dealkylation sites (tertiary alicyclic amines) is 1. The Balaban J connectivity index is 1.01. The van der Waals surface area contributed by atoms with Crippen molar-refractivity contribution in [1.82, 2.24) is 20.2 Å². The Morgan fingerprint density at radius 3 is 2.20 bits per heavy atom. The molecule has 3 fully saturated rings. The van der Waals surface area contributed by atoms with Crippen LogP contribution in [-0.4, -0.2) is 56.9 Å². The fourth-order valence-electron chi connectivity index (χ4n) is 7.22. The summed E-state index contributed by atoms with van der Waals surface area (Å²) in [6.07, 6.45) is 12.0. The Morgan fingerprint density at radius 2 is 1.60 bits per heavy atom. The van der Waals surface area contributed by atoms with Gasteiger partial charge in [-0.15, -0.1) is 11.3 Å². The number of hydrogen-bond donors (Lipinski definition) is 2. The number of carbonyl (C=O) groups excluding carboxylic acids is 2. The fourth-order valence-corrected chi connectivity index (χ4v) is 8.33. The summed E-state index contributed by atoms with van der Waals surface area (Å²) < 4.78 is 0. The third kappa shape index (κ3) is 7.06. The van der Waals surface area contributed by atoms with Crippen molar-refractivity contribution in [1.29, 1.82) is 5.26 Å². The predicted octanol–water partition coefficient (Wildman–Crippen LogP) is 7.00. The number of carbonyl (C=O) groups is 3. The highest BCUT2D eigenvalue weighted by Crippen LogP contribution is 2.50. The number of nitriles is 1. The Kier molecular flexibility index (Phi) is 9.52. The summed E-state index contributed by atoms with van der Waals surface area (Å²) in [5.41, 5.74) is 4.62. The van der Waals surface area contributed by atoms with E-state index in [9.17, 15) is 24.8 Å². The third-order valence-electron chi connectivity index (χ3n) is 10.9. The van der Waals surface area contributed by atoms with Gasteiger partial charge in [0.1, 0.15) is 6.04 Å². The zero-order chi connectivity index (χ0) is 34.8. The molecule has 50 heavy (non-hydrogen) atoms. The average Bonchev–Trinajstić information content (AvgIpc) is 3.77. The molecule has 2 aromatic heterocycles. The van der Waals surface area contributed by atoms with Crippen molar-refractivity contribution in [3.63, 3.8) is 0 Å². The minimum absolute atomic E-state index is 0.116. The molecule has 0 radical (unpaired) electrons. The van der Waals surface area contributed by atoms with Crippen LogP contribution in [-0.2, 0) is 21.4 Å². The van der Waals surface area contributed by atoms with E-state index in [0.717, 1.165) is 45.9 Å². The van der Waals surface area contributed by atoms with E-state index in [0.29, 0.717) is 16.6 Å². The van der Waals surface area contributed by atoms with Gasteiger partial charge in [0.15, 0.2) is 5.82 Å². The van der Waals surface area contributed by atoms with Gasteiger partial charge in [-0.3, -0.25) is 14.4 Å². The number of aromatic nitrogens is 2. The van der Waals surface area contributed by atoms with E-state index in [1.165, 1.54) is 53.9 Å². The second-order valence-electron chi connectivity index (χ2n) is 14.1. The molecule has 256 valence electrons. The molecule has 2 saturated carbocycles. The van der Waals surface area contributed by atoms with Crippen LogP contribution in [0.2, 0.25) is 0 Å². The molecule has 2 aromatic carbocycles. The van der Waals surface area contributed by atoms with Gasteiger partial charge in [0.25, 0.3) is 5.91 Å². The van der Waals surface area contributed by atoms with Crippen LogP contribution in [0.1, 0.15) is 83.5 Å². The largest absolute Gasteiger partial charge is 0.481 e. The van der Waals surface area contributed by atoms with E-state index < -0.39 is 23.3 Å². The van der Waals surface area contributed by atoms with Crippen LogP contribution in [0.3, 0.4) is 0 Å². The zero-order valence-corrected chi connectivity index (χ0v) is 29.0. The highest BCUT2D eigenvalue weighted by Gasteiger charge is 2.46. The first-order valence-corrected chi connectivity index (χ1v) is 18.4. The molecular formula is C40H41N5O4S. The average molecular weight is 688 g/mol. The Hall–Kier alpha value is -4.88. The first-order chi connectivity index (χ1) is 24.2. The molecule has 9 nitrogen and oxygen atoms in total. The van der Waals surface area contributed by atoms with E-state index >= 15 is 0 Å². The lowest BCUT2D eigenvalue weighted by Gasteiger charge is -2.38. The highest BCUT2D eigenvalue weighted by molar-refractivity contribution is 7.14. The summed E-state index contributed by atoms with van der Waals surface area (Å²) in [7, 11) is 0. The van der Waals surface area contributed by atoms with Crippen molar-refractivity contribution in [3.05, 3.63) is 93.9 Å². The number of thiophene rings is 1. The van der Waals surface area contributed by atoms with Crippen molar-refractivity contribution in [2.45, 2.75) is 75.7 Å². The first kappa shape index (κ1) is 33.6. The quantitative estimate of drug-likeness (QED) is 0.173. The van der Waals surface area contributed by atoms with Gasteiger partial charge in [0.05, 0.1) is 22.3 Å². The van der Waals surface area contributed by atoms with Gasteiger partial charge in [-0.25, -0.2) is 9.97 Å². The van der Waals surface area contributed by atoms with Gasteiger partial charge in [-0.1, -0.05) is 61.9 Å². The standard InChI is InChI=1S/C40H41N5O4S/c1-2-25-3-7-27(8-4-25)28-11-13-29(14-12-28)31-20-42-36(43-21-31)30-9-5-26(6-10-30)19-33(38(47)45-22-32(23-45)39(48)49)44-37(46)34-15-16-35(50-34)40(24-41)17-18-40/h5-6,9-16,20-21,25,27,32-33H,2-4,7-8,17-19,22-23H2,1H3,(H,44,46)(H,48,49)/t25-,27-,33-/m0/s1. The van der Waals surface area contributed by atoms with Gasteiger partial charge < -0.3 is 15.3 Å². The fraction of sp³-hybridized carbons (Fsp3) is 0.400. The van der Waals surface area contributed by atoms with E-state index in [2.05, 4.69) is 52.5 Å². The number of nitrogens with zero attached hydrogens (tertiary/aromatic N) is 4. The number of rotatable bonds is 11. The van der Waals surface area contributed by atoms with Gasteiger partial charge >= 0.3 is 5.97 Å². The molecular weight excluding hydrogens is 647 g/mol. The molecule has 4 aromatic rings. The molecule has 3 aliphatic rings. The molecule has 0 unspecified atom stereocenters. The van der Waals surface area contributed by atoms with Crippen molar-refractivity contribution < 1.29 is 19.5 Å². The lowest BCUT2D eigenvalue weighted by atomic mass is 9.78. The van der Waals surface area contributed by atoms with Crippen molar-refractivity contribution in [2.75, 3.05) is 13.1 Å². The summed E-state index contributed by atoms with van der Waals surface area (Å²) in [5, 5.41) is 21.8. The molecule has 1 atom stereocenters. The van der Waals surface area contributed by atoms with Crippen LogP contribution in [0.25, 0.3) is 22.5 Å². The molecule has 3 heterocycles. The van der Waals surface area contributed by atoms with Crippen LogP contribution in [0.15, 0.2) is 73.1 Å². The number of carboxylic acid groups (broad SMARTS) is 1. The van der Waals surface area contributed by atoms with Crippen LogP contribution < -0.4 is 5.32 Å². The smallest absolute Gasteiger partial charge is 0.310 e. The molecule has 1 saturated heterocycles. The number of benzene rings is 2. The van der Waals surface area contributed by atoms with Crippen LogP contribution in [0.5, 0.6) is 0 Å². The normalized spacial score (nSPS) is 20.3. The number of aliphatic carboxylic acids is 1. The maximum absolute atomic E-state index is 13.5. The van der Waals surface area contributed by atoms with Gasteiger partial charge in [0.2, 0.25) is 5.91 Å². The Labute approximate surface area is 296 Å². The summed E-state index contributed by atoms with van der Waals surface area (Å²) >= 11 is 1.28. The Morgan fingerprint density at radius 1 is 0.940 bits per heavy atom. The summed E-state index contributed by atoms with van der Waals surface area (Å²) in [6, 6.07) is 21.4. The zero-order valence-electron chi connectivity index (χ0n) is 28.2. The van der Waals surface area contributed by atoms with Crippen molar-refractivity contribution in [2.24, 2.45) is 11.8 Å². The van der Waals surface area contributed by atoms with E-state index in [1.54, 1.807) is 6.07 Å². The lowest BCUT2D eigenvalue weighted by Crippen LogP contribution is -2.59. The molecule has 2 amide bonds. The van der Waals surface area contributed by atoms with Crippen molar-refractivity contribution in [3.8, 4) is 28.6 Å². The highest BCUT2D eigenvalue weighted by atomic mass is 32.1. The molecule has 1 aliphatic heterocycles. The first-order valence-electron chi connectivity index (χ1n) is 17.6. The molecule has 2 aliphatic carbocycles. The molecule has 10 heteroatoms. The topological polar surface area (TPSA) is 136 Å². The minimum Gasteiger partial charge on any atom is -0.481 e. The minimum atomic E-state index is -0.935. The third-order valence-corrected chi connectivity index (χ3v) is 12.1. The Bertz CT molecular complexity index is 1900. The van der Waals surface area contributed by atoms with Crippen LogP contribution in [0, 0.1) is 23.2 Å². The second kappa shape index (κ2) is 14.2. The maximum atomic E-state index is 13.5. The second-order valence-corrected chi connectivity index (χ2v) is 15.2. The van der Waals surface area contributed by atoms with Crippen LogP contribution in [0.4, 0.5) is 0 Å². The number of hydrogen-bond acceptors (Lipinski definition) is 7. The maximum Gasteiger partial charge on any atom is 0.310 e. The van der Waals surface area contributed by atoms with E-state index in [4.69, 9.17) is 0 Å². The molecule has 7 rings (SSSR count). The van der Waals surface area contributed by atoms with Crippen molar-refractivity contribution >= 4 is 29.1 Å². The van der Waals surface area contributed by atoms with Gasteiger partial charge in [-0.05, 0) is 79.2 Å². The van der Waals surface area contributed by atoms with Gasteiger partial charge in [-0.2, -0.15) is 5.26 Å². The predicted molar refractivity (Wildman–Crippen MR) is 191 cm³/mol.